The summed E-state index contributed by atoms with van der Waals surface area (Å²) in [5, 5.41) is 0.413. The van der Waals surface area contributed by atoms with Gasteiger partial charge in [0.15, 0.2) is 6.61 Å². The second kappa shape index (κ2) is 15.2. The number of carbonyl (C=O) groups excluding carboxylic acids is 2. The van der Waals surface area contributed by atoms with Gasteiger partial charge in [-0.25, -0.2) is 4.39 Å². The number of hydrogen-bond donors (Lipinski definition) is 0. The van der Waals surface area contributed by atoms with E-state index in [0.29, 0.717) is 42.0 Å². The highest BCUT2D eigenvalue weighted by Gasteiger charge is 2.40. The third-order valence-electron chi connectivity index (χ3n) is 9.04. The minimum atomic E-state index is -5.02. The summed E-state index contributed by atoms with van der Waals surface area (Å²) in [5.41, 5.74) is -2.19. The zero-order chi connectivity index (χ0) is 36.4. The molecule has 50 heavy (non-hydrogen) atoms. The van der Waals surface area contributed by atoms with Gasteiger partial charge in [0.25, 0.3) is 11.8 Å². The number of amides is 2. The summed E-state index contributed by atoms with van der Waals surface area (Å²) in [7, 11) is 0. The quantitative estimate of drug-likeness (QED) is 0.235. The van der Waals surface area contributed by atoms with E-state index in [2.05, 4.69) is 4.90 Å². The molecule has 270 valence electrons. The van der Waals surface area contributed by atoms with E-state index in [0.717, 1.165) is 10.5 Å². The maximum atomic E-state index is 13.6. The summed E-state index contributed by atoms with van der Waals surface area (Å²) in [6, 6.07) is 12.1. The highest BCUT2D eigenvalue weighted by molar-refractivity contribution is 6.30. The van der Waals surface area contributed by atoms with Gasteiger partial charge < -0.3 is 14.5 Å². The fourth-order valence-electron chi connectivity index (χ4n) is 6.29. The first-order valence-electron chi connectivity index (χ1n) is 16.0. The van der Waals surface area contributed by atoms with Crippen molar-refractivity contribution in [2.75, 3.05) is 45.9 Å². The Kier molecular flexibility index (Phi) is 11.3. The summed E-state index contributed by atoms with van der Waals surface area (Å²) >= 11 is 6.27. The molecule has 0 radical (unpaired) electrons. The minimum absolute atomic E-state index is 0.0230. The molecule has 0 spiro atoms. The monoisotopic (exact) mass is 728 g/mol. The molecule has 0 aliphatic carbocycles. The normalized spacial score (nSPS) is 19.5. The molecule has 2 aliphatic rings. The Morgan fingerprint density at radius 1 is 0.820 bits per heavy atom. The van der Waals surface area contributed by atoms with Gasteiger partial charge in [-0.2, -0.15) is 26.3 Å². The Morgan fingerprint density at radius 3 is 2.14 bits per heavy atom. The van der Waals surface area contributed by atoms with E-state index in [1.807, 2.05) is 18.7 Å². The summed E-state index contributed by atoms with van der Waals surface area (Å²) in [5.74, 6) is -1.22. The number of nitrogens with zero attached hydrogens (tertiary/aromatic N) is 4. The van der Waals surface area contributed by atoms with Crippen LogP contribution in [0.15, 0.2) is 60.7 Å². The first-order valence-corrected chi connectivity index (χ1v) is 16.4. The molecule has 2 fully saturated rings. The predicted octanol–water partition coefficient (Wildman–Crippen LogP) is 6.97. The lowest BCUT2D eigenvalue weighted by molar-refractivity contribution is -0.141. The van der Waals surface area contributed by atoms with Gasteiger partial charge in [0.2, 0.25) is 0 Å². The van der Waals surface area contributed by atoms with Crippen LogP contribution < -0.4 is 4.74 Å². The van der Waals surface area contributed by atoms with Crippen molar-refractivity contribution >= 4 is 23.4 Å². The molecular formula is C35H36ClF7N4O3. The van der Waals surface area contributed by atoms with Crippen LogP contribution in [0.3, 0.4) is 0 Å². The SMILES string of the molecule is C[C@@H]1CN(Cc2ccc(F)cc2)[C@@H](C)CN1C(=O)COc1ccc(Cl)cc1CN1CCN(C(=O)c2cc(C(F)(F)F)ccc2C(F)(F)F)CC1. The second-order valence-electron chi connectivity index (χ2n) is 12.7. The number of piperazine rings is 2. The average molecular weight is 729 g/mol. The molecule has 0 unspecified atom stereocenters. The van der Waals surface area contributed by atoms with Crippen molar-refractivity contribution in [1.29, 1.82) is 0 Å². The minimum Gasteiger partial charge on any atom is -0.483 e. The molecular weight excluding hydrogens is 693 g/mol. The standard InChI is InChI=1S/C35H36ClF7N4O3/c1-22-18-47(23(2)17-46(22)19-24-3-7-28(37)8-4-24)32(48)21-50-31-10-6-27(36)15-25(31)20-44-11-13-45(14-12-44)33(49)29-16-26(34(38,39)40)5-9-30(29)35(41,42)43/h3-10,15-16,22-23H,11-14,17-21H2,1-2H3/t22-,23+/m0/s1. The lowest BCUT2D eigenvalue weighted by Crippen LogP contribution is -2.58. The van der Waals surface area contributed by atoms with E-state index in [1.54, 1.807) is 35.2 Å². The summed E-state index contributed by atoms with van der Waals surface area (Å²) in [6.45, 7) is 6.14. The first-order chi connectivity index (χ1) is 23.5. The van der Waals surface area contributed by atoms with Gasteiger partial charge >= 0.3 is 12.4 Å². The first kappa shape index (κ1) is 37.4. The number of alkyl halides is 6. The molecule has 0 aromatic heterocycles. The molecule has 2 saturated heterocycles. The molecule has 5 rings (SSSR count). The predicted molar refractivity (Wildman–Crippen MR) is 172 cm³/mol. The van der Waals surface area contributed by atoms with Crippen LogP contribution >= 0.6 is 11.6 Å². The van der Waals surface area contributed by atoms with Crippen LogP contribution in [0.2, 0.25) is 5.02 Å². The van der Waals surface area contributed by atoms with Gasteiger partial charge in [-0.05, 0) is 67.9 Å². The zero-order valence-electron chi connectivity index (χ0n) is 27.3. The fourth-order valence-corrected chi connectivity index (χ4v) is 6.48. The fraction of sp³-hybridized carbons (Fsp3) is 0.429. The van der Waals surface area contributed by atoms with E-state index in [1.165, 1.54) is 12.1 Å². The Labute approximate surface area is 290 Å². The number of ether oxygens (including phenoxy) is 1. The number of rotatable bonds is 8. The van der Waals surface area contributed by atoms with Gasteiger partial charge in [0.1, 0.15) is 11.6 Å². The molecule has 3 aromatic rings. The lowest BCUT2D eigenvalue weighted by atomic mass is 10.0. The molecule has 0 N–H and O–H groups in total. The van der Waals surface area contributed by atoms with Crippen LogP contribution in [0.25, 0.3) is 0 Å². The van der Waals surface area contributed by atoms with Crippen LogP contribution in [0, 0.1) is 5.82 Å². The molecule has 2 amide bonds. The summed E-state index contributed by atoms with van der Waals surface area (Å²) in [6.07, 6.45) is -9.94. The topological polar surface area (TPSA) is 56.3 Å². The Bertz CT molecular complexity index is 1680. The van der Waals surface area contributed by atoms with Crippen molar-refractivity contribution < 1.29 is 45.1 Å². The van der Waals surface area contributed by atoms with E-state index >= 15 is 0 Å². The van der Waals surface area contributed by atoms with Crippen molar-refractivity contribution in [3.63, 3.8) is 0 Å². The van der Waals surface area contributed by atoms with Crippen LogP contribution in [0.5, 0.6) is 5.75 Å². The second-order valence-corrected chi connectivity index (χ2v) is 13.1. The molecule has 2 heterocycles. The Morgan fingerprint density at radius 2 is 1.50 bits per heavy atom. The molecule has 2 aliphatic heterocycles. The highest BCUT2D eigenvalue weighted by atomic mass is 35.5. The van der Waals surface area contributed by atoms with E-state index in [9.17, 15) is 40.3 Å². The molecule has 3 aromatic carbocycles. The van der Waals surface area contributed by atoms with E-state index in [-0.39, 0.29) is 75.3 Å². The molecule has 2 atom stereocenters. The van der Waals surface area contributed by atoms with Crippen LogP contribution in [0.1, 0.15) is 46.5 Å². The van der Waals surface area contributed by atoms with Crippen molar-refractivity contribution in [2.24, 2.45) is 0 Å². The van der Waals surface area contributed by atoms with E-state index in [4.69, 9.17) is 16.3 Å². The maximum absolute atomic E-state index is 13.6. The van der Waals surface area contributed by atoms with Gasteiger partial charge in [0, 0.05) is 75.0 Å². The van der Waals surface area contributed by atoms with E-state index < -0.39 is 35.0 Å². The van der Waals surface area contributed by atoms with Crippen molar-refractivity contribution in [2.45, 2.75) is 51.4 Å². The number of benzene rings is 3. The van der Waals surface area contributed by atoms with Crippen molar-refractivity contribution in [3.05, 3.63) is 99.3 Å². The highest BCUT2D eigenvalue weighted by Crippen LogP contribution is 2.37. The van der Waals surface area contributed by atoms with Gasteiger partial charge in [-0.15, -0.1) is 0 Å². The van der Waals surface area contributed by atoms with Crippen LogP contribution in [-0.4, -0.2) is 89.4 Å². The largest absolute Gasteiger partial charge is 0.483 e. The van der Waals surface area contributed by atoms with Crippen LogP contribution in [0.4, 0.5) is 30.7 Å². The number of hydrogen-bond acceptors (Lipinski definition) is 5. The van der Waals surface area contributed by atoms with Crippen molar-refractivity contribution in [1.82, 2.24) is 19.6 Å². The maximum Gasteiger partial charge on any atom is 0.417 e. The molecule has 7 nitrogen and oxygen atoms in total. The average Bonchev–Trinajstić information content (AvgIpc) is 3.05. The molecule has 15 heteroatoms. The summed E-state index contributed by atoms with van der Waals surface area (Å²) in [4.78, 5) is 33.4. The lowest BCUT2D eigenvalue weighted by Gasteiger charge is -2.44. The van der Waals surface area contributed by atoms with Gasteiger partial charge in [-0.3, -0.25) is 19.4 Å². The van der Waals surface area contributed by atoms with Crippen LogP contribution in [-0.2, 0) is 30.2 Å². The van der Waals surface area contributed by atoms with Crippen molar-refractivity contribution in [3.8, 4) is 5.75 Å². The zero-order valence-corrected chi connectivity index (χ0v) is 28.1. The smallest absolute Gasteiger partial charge is 0.417 e. The number of halogens is 8. The molecule has 0 saturated carbocycles. The molecule has 0 bridgehead atoms. The third-order valence-corrected chi connectivity index (χ3v) is 9.28. The summed E-state index contributed by atoms with van der Waals surface area (Å²) < 4.78 is 100.0. The van der Waals surface area contributed by atoms with Gasteiger partial charge in [-0.1, -0.05) is 23.7 Å². The van der Waals surface area contributed by atoms with Gasteiger partial charge in [0.05, 0.1) is 16.7 Å². The Balaban J connectivity index is 1.18. The Hall–Kier alpha value is -3.88. The number of carbonyl (C=O) groups is 2. The third kappa shape index (κ3) is 9.07.